The van der Waals surface area contributed by atoms with Gasteiger partial charge in [0.05, 0.1) is 12.6 Å². The summed E-state index contributed by atoms with van der Waals surface area (Å²) in [6, 6.07) is 15.0. The highest BCUT2D eigenvalue weighted by Crippen LogP contribution is 2.35. The second-order valence-corrected chi connectivity index (χ2v) is 7.57. The first-order chi connectivity index (χ1) is 13.0. The van der Waals surface area contributed by atoms with E-state index in [1.807, 2.05) is 24.3 Å². The molecule has 6 nitrogen and oxygen atoms in total. The number of hydrogen-bond acceptors (Lipinski definition) is 6. The van der Waals surface area contributed by atoms with Gasteiger partial charge in [0.2, 0.25) is 0 Å². The fourth-order valence-electron chi connectivity index (χ4n) is 2.87. The summed E-state index contributed by atoms with van der Waals surface area (Å²) in [5.74, 6) is 1.67. The van der Waals surface area contributed by atoms with Crippen LogP contribution in [0.25, 0.3) is 0 Å². The molecule has 0 aliphatic carbocycles. The molecule has 27 heavy (non-hydrogen) atoms. The van der Waals surface area contributed by atoms with Crippen molar-refractivity contribution in [2.45, 2.75) is 25.5 Å². The summed E-state index contributed by atoms with van der Waals surface area (Å²) in [6.45, 7) is 2.26. The van der Waals surface area contributed by atoms with Crippen molar-refractivity contribution in [3.63, 3.8) is 0 Å². The Morgan fingerprint density at radius 2 is 2.07 bits per heavy atom. The number of carbonyl (C=O) groups is 1. The van der Waals surface area contributed by atoms with Crippen molar-refractivity contribution in [3.8, 4) is 5.75 Å². The third-order valence-corrected chi connectivity index (χ3v) is 5.25. The number of hydrogen-bond donors (Lipinski definition) is 2. The Balaban J connectivity index is 1.61. The van der Waals surface area contributed by atoms with Crippen LogP contribution in [0.5, 0.6) is 5.75 Å². The average molecular weight is 385 g/mol. The minimum absolute atomic E-state index is 0.180. The number of nitrogens with zero attached hydrogens (tertiary/aromatic N) is 1. The molecule has 0 fully saturated rings. The molecule has 1 heterocycles. The number of benzene rings is 2. The van der Waals surface area contributed by atoms with Crippen molar-refractivity contribution >= 4 is 28.7 Å². The Morgan fingerprint density at radius 3 is 2.78 bits per heavy atom. The number of aliphatic imine (C=N–C) groups is 1. The van der Waals surface area contributed by atoms with Crippen molar-refractivity contribution in [2.75, 3.05) is 18.2 Å². The standard InChI is InChI=1S/C20H23N3O3S/c1-20(10-11-27-18(21)23-20)15-5-3-4-14(12-15)13-26-19(24)22-16-6-8-17(25-2)9-7-16/h3-9,12H,10-11,13H2,1-2H3,(H2,21,23)(H,22,24). The minimum Gasteiger partial charge on any atom is -0.497 e. The molecule has 0 saturated heterocycles. The highest BCUT2D eigenvalue weighted by Gasteiger charge is 2.29. The molecule has 0 saturated carbocycles. The lowest BCUT2D eigenvalue weighted by Gasteiger charge is -2.30. The third kappa shape index (κ3) is 4.95. The van der Waals surface area contributed by atoms with Crippen LogP contribution in [0.1, 0.15) is 24.5 Å². The van der Waals surface area contributed by atoms with Gasteiger partial charge < -0.3 is 15.2 Å². The molecule has 3 rings (SSSR count). The van der Waals surface area contributed by atoms with Crippen LogP contribution in [0.4, 0.5) is 10.5 Å². The van der Waals surface area contributed by atoms with Crippen LogP contribution < -0.4 is 15.8 Å². The molecular weight excluding hydrogens is 362 g/mol. The van der Waals surface area contributed by atoms with Crippen LogP contribution in [0.2, 0.25) is 0 Å². The second kappa shape index (κ2) is 8.35. The molecule has 1 aliphatic rings. The highest BCUT2D eigenvalue weighted by molar-refractivity contribution is 8.13. The van der Waals surface area contributed by atoms with Crippen molar-refractivity contribution < 1.29 is 14.3 Å². The number of nitrogens with two attached hydrogens (primary N) is 1. The number of ether oxygens (including phenoxy) is 2. The maximum Gasteiger partial charge on any atom is 0.411 e. The van der Waals surface area contributed by atoms with Crippen LogP contribution in [0, 0.1) is 0 Å². The molecule has 1 unspecified atom stereocenters. The topological polar surface area (TPSA) is 85.9 Å². The minimum atomic E-state index is -0.506. The van der Waals surface area contributed by atoms with Gasteiger partial charge in [0.1, 0.15) is 12.4 Å². The molecule has 0 bridgehead atoms. The maximum atomic E-state index is 12.0. The molecular formula is C20H23N3O3S. The van der Waals surface area contributed by atoms with Crippen molar-refractivity contribution in [1.29, 1.82) is 0 Å². The predicted octanol–water partition coefficient (Wildman–Crippen LogP) is 4.11. The van der Waals surface area contributed by atoms with E-state index in [1.54, 1.807) is 43.1 Å². The van der Waals surface area contributed by atoms with Crippen LogP contribution >= 0.6 is 11.8 Å². The van der Waals surface area contributed by atoms with Gasteiger partial charge in [-0.1, -0.05) is 30.0 Å². The lowest BCUT2D eigenvalue weighted by atomic mass is 9.89. The Hall–Kier alpha value is -2.67. The molecule has 0 aromatic heterocycles. The quantitative estimate of drug-likeness (QED) is 0.809. The first-order valence-electron chi connectivity index (χ1n) is 8.64. The van der Waals surface area contributed by atoms with E-state index in [0.29, 0.717) is 10.9 Å². The van der Waals surface area contributed by atoms with Gasteiger partial charge in [-0.3, -0.25) is 10.3 Å². The number of amidine groups is 1. The van der Waals surface area contributed by atoms with Gasteiger partial charge in [0, 0.05) is 11.4 Å². The number of amides is 1. The molecule has 7 heteroatoms. The Morgan fingerprint density at radius 1 is 1.30 bits per heavy atom. The van der Waals surface area contributed by atoms with Crippen LogP contribution in [0.15, 0.2) is 53.5 Å². The average Bonchev–Trinajstić information content (AvgIpc) is 2.67. The van der Waals surface area contributed by atoms with Crippen molar-refractivity contribution in [1.82, 2.24) is 0 Å². The summed E-state index contributed by atoms with van der Waals surface area (Å²) in [5, 5.41) is 3.31. The fourth-order valence-corrected chi connectivity index (χ4v) is 3.84. The fraction of sp³-hybridized carbons (Fsp3) is 0.300. The molecule has 142 valence electrons. The van der Waals surface area contributed by atoms with Crippen molar-refractivity contribution in [2.24, 2.45) is 10.7 Å². The summed E-state index contributed by atoms with van der Waals surface area (Å²) in [7, 11) is 1.59. The van der Waals surface area contributed by atoms with E-state index in [9.17, 15) is 4.79 Å². The lowest BCUT2D eigenvalue weighted by molar-refractivity contribution is 0.155. The lowest BCUT2D eigenvalue weighted by Crippen LogP contribution is -2.28. The SMILES string of the molecule is COc1ccc(NC(=O)OCc2cccc(C3(C)CCSC(N)=N3)c2)cc1. The van der Waals surface area contributed by atoms with Gasteiger partial charge in [-0.25, -0.2) is 4.79 Å². The zero-order chi connectivity index (χ0) is 19.3. The van der Waals surface area contributed by atoms with E-state index in [2.05, 4.69) is 17.2 Å². The molecule has 3 N–H and O–H groups in total. The first-order valence-corrected chi connectivity index (χ1v) is 9.62. The molecule has 1 amide bonds. The number of anilines is 1. The smallest absolute Gasteiger partial charge is 0.411 e. The van der Waals surface area contributed by atoms with E-state index < -0.39 is 6.09 Å². The molecule has 0 spiro atoms. The normalized spacial score (nSPS) is 19.1. The molecule has 0 radical (unpaired) electrons. The number of methoxy groups -OCH3 is 1. The zero-order valence-electron chi connectivity index (χ0n) is 15.4. The van der Waals surface area contributed by atoms with Gasteiger partial charge in [-0.2, -0.15) is 0 Å². The van der Waals surface area contributed by atoms with Gasteiger partial charge in [0.15, 0.2) is 5.17 Å². The number of thioether (sulfide) groups is 1. The maximum absolute atomic E-state index is 12.0. The Kier molecular flexibility index (Phi) is 5.91. The first kappa shape index (κ1) is 19.1. The summed E-state index contributed by atoms with van der Waals surface area (Å²) in [6.07, 6.45) is 0.411. The van der Waals surface area contributed by atoms with Gasteiger partial charge in [0.25, 0.3) is 0 Å². The highest BCUT2D eigenvalue weighted by atomic mass is 32.2. The Labute approximate surface area is 163 Å². The van der Waals surface area contributed by atoms with Gasteiger partial charge >= 0.3 is 6.09 Å². The van der Waals surface area contributed by atoms with Crippen LogP contribution in [-0.2, 0) is 16.9 Å². The summed E-state index contributed by atoms with van der Waals surface area (Å²) in [4.78, 5) is 16.6. The van der Waals surface area contributed by atoms with Crippen LogP contribution in [0.3, 0.4) is 0 Å². The van der Waals surface area contributed by atoms with E-state index in [0.717, 1.165) is 29.1 Å². The number of nitrogens with one attached hydrogen (secondary N) is 1. The monoisotopic (exact) mass is 385 g/mol. The van der Waals surface area contributed by atoms with Gasteiger partial charge in [-0.05, 0) is 54.8 Å². The van der Waals surface area contributed by atoms with E-state index in [4.69, 9.17) is 15.2 Å². The third-order valence-electron chi connectivity index (χ3n) is 4.45. The zero-order valence-corrected chi connectivity index (χ0v) is 16.2. The van der Waals surface area contributed by atoms with E-state index in [-0.39, 0.29) is 12.1 Å². The molecule has 2 aromatic rings. The van der Waals surface area contributed by atoms with Crippen molar-refractivity contribution in [3.05, 3.63) is 59.7 Å². The van der Waals surface area contributed by atoms with Gasteiger partial charge in [-0.15, -0.1) is 0 Å². The molecule has 1 aliphatic heterocycles. The Bertz CT molecular complexity index is 839. The number of rotatable bonds is 5. The second-order valence-electron chi connectivity index (χ2n) is 6.45. The molecule has 2 aromatic carbocycles. The summed E-state index contributed by atoms with van der Waals surface area (Å²) < 4.78 is 10.4. The summed E-state index contributed by atoms with van der Waals surface area (Å²) >= 11 is 1.58. The number of carbonyl (C=O) groups excluding carboxylic acids is 1. The molecule has 1 atom stereocenters. The van der Waals surface area contributed by atoms with E-state index in [1.165, 1.54) is 0 Å². The van der Waals surface area contributed by atoms with E-state index >= 15 is 0 Å². The predicted molar refractivity (Wildman–Crippen MR) is 109 cm³/mol. The largest absolute Gasteiger partial charge is 0.497 e. The summed E-state index contributed by atoms with van der Waals surface area (Å²) in [5.41, 5.74) is 8.19. The van der Waals surface area contributed by atoms with Crippen LogP contribution in [-0.4, -0.2) is 24.1 Å².